The van der Waals surface area contributed by atoms with E-state index in [9.17, 15) is 9.59 Å². The Labute approximate surface area is 185 Å². The Kier molecular flexibility index (Phi) is 5.82. The lowest BCUT2D eigenvalue weighted by atomic mass is 10.0. The zero-order valence-electron chi connectivity index (χ0n) is 17.0. The number of halogens is 1. The molecule has 3 N–H and O–H groups in total. The molecule has 4 rings (SSSR count). The van der Waals surface area contributed by atoms with Crippen LogP contribution in [0, 0.1) is 0 Å². The van der Waals surface area contributed by atoms with Crippen LogP contribution in [0.1, 0.15) is 32.7 Å². The fourth-order valence-corrected chi connectivity index (χ4v) is 3.87. The zero-order valence-corrected chi connectivity index (χ0v) is 17.8. The highest BCUT2D eigenvalue weighted by atomic mass is 35.5. The van der Waals surface area contributed by atoms with Crippen LogP contribution in [0.5, 0.6) is 5.75 Å². The number of anilines is 3. The van der Waals surface area contributed by atoms with Gasteiger partial charge in [-0.25, -0.2) is 0 Å². The first-order chi connectivity index (χ1) is 15.0. The average Bonchev–Trinajstić information content (AvgIpc) is 2.80. The quantitative estimate of drug-likeness (QED) is 0.578. The molecule has 6 nitrogen and oxygen atoms in total. The van der Waals surface area contributed by atoms with Crippen molar-refractivity contribution in [2.75, 3.05) is 29.6 Å². The Bertz CT molecular complexity index is 1160. The minimum absolute atomic E-state index is 0.139. The summed E-state index contributed by atoms with van der Waals surface area (Å²) in [6, 6.07) is 17.6. The summed E-state index contributed by atoms with van der Waals surface area (Å²) in [6.07, 6.45) is 1.85. The van der Waals surface area contributed by atoms with Crippen LogP contribution >= 0.6 is 11.6 Å². The third kappa shape index (κ3) is 4.20. The lowest BCUT2D eigenvalue weighted by molar-refractivity contribution is 0.0982. The van der Waals surface area contributed by atoms with Crippen molar-refractivity contribution in [2.45, 2.75) is 12.8 Å². The molecule has 1 heterocycles. The van der Waals surface area contributed by atoms with Crippen LogP contribution in [0.2, 0.25) is 5.02 Å². The van der Waals surface area contributed by atoms with E-state index in [0.717, 1.165) is 24.1 Å². The lowest BCUT2D eigenvalue weighted by Crippen LogP contribution is -2.35. The van der Waals surface area contributed by atoms with Gasteiger partial charge in [0.05, 0.1) is 23.4 Å². The Morgan fingerprint density at radius 2 is 1.90 bits per heavy atom. The van der Waals surface area contributed by atoms with Gasteiger partial charge in [-0.3, -0.25) is 9.59 Å². The summed E-state index contributed by atoms with van der Waals surface area (Å²) in [5.74, 6) is -0.0652. The molecule has 0 aromatic heterocycles. The maximum atomic E-state index is 13.3. The Morgan fingerprint density at radius 3 is 2.71 bits per heavy atom. The third-order valence-corrected chi connectivity index (χ3v) is 5.65. The van der Waals surface area contributed by atoms with E-state index in [4.69, 9.17) is 22.1 Å². The summed E-state index contributed by atoms with van der Waals surface area (Å²) in [5.41, 5.74) is 9.37. The molecule has 158 valence electrons. The molecular formula is C24H22ClN3O3. The van der Waals surface area contributed by atoms with Gasteiger partial charge in [0.2, 0.25) is 0 Å². The molecule has 0 spiro atoms. The van der Waals surface area contributed by atoms with E-state index >= 15 is 0 Å². The number of carbonyl (C=O) groups excluding carboxylic acids is 2. The predicted octanol–water partition coefficient (Wildman–Crippen LogP) is 4.78. The molecule has 3 aromatic rings. The molecule has 0 saturated heterocycles. The van der Waals surface area contributed by atoms with E-state index in [-0.39, 0.29) is 11.5 Å². The van der Waals surface area contributed by atoms with E-state index in [1.165, 1.54) is 7.11 Å². The van der Waals surface area contributed by atoms with Crippen molar-refractivity contribution in [3.8, 4) is 5.75 Å². The van der Waals surface area contributed by atoms with E-state index in [1.54, 1.807) is 41.3 Å². The minimum atomic E-state index is -0.439. The van der Waals surface area contributed by atoms with Crippen molar-refractivity contribution in [2.24, 2.45) is 0 Å². The second-order valence-electron chi connectivity index (χ2n) is 7.29. The molecule has 3 aromatic carbocycles. The summed E-state index contributed by atoms with van der Waals surface area (Å²) < 4.78 is 5.17. The van der Waals surface area contributed by atoms with Gasteiger partial charge in [-0.2, -0.15) is 0 Å². The molecule has 0 radical (unpaired) electrons. The molecule has 1 aliphatic rings. The highest BCUT2D eigenvalue weighted by Crippen LogP contribution is 2.30. The van der Waals surface area contributed by atoms with Crippen LogP contribution in [-0.2, 0) is 6.42 Å². The topological polar surface area (TPSA) is 84.7 Å². The van der Waals surface area contributed by atoms with Gasteiger partial charge in [-0.1, -0.05) is 29.8 Å². The summed E-state index contributed by atoms with van der Waals surface area (Å²) in [7, 11) is 1.51. The number of para-hydroxylation sites is 1. The van der Waals surface area contributed by atoms with Crippen LogP contribution in [-0.4, -0.2) is 25.5 Å². The first-order valence-electron chi connectivity index (χ1n) is 9.92. The first kappa shape index (κ1) is 20.8. The number of benzene rings is 3. The largest absolute Gasteiger partial charge is 0.497 e. The summed E-state index contributed by atoms with van der Waals surface area (Å²) >= 11 is 6.30. The van der Waals surface area contributed by atoms with Gasteiger partial charge in [-0.15, -0.1) is 0 Å². The number of amides is 2. The van der Waals surface area contributed by atoms with E-state index < -0.39 is 5.91 Å². The van der Waals surface area contributed by atoms with Crippen molar-refractivity contribution in [3.63, 3.8) is 0 Å². The van der Waals surface area contributed by atoms with Gasteiger partial charge >= 0.3 is 0 Å². The number of carbonyl (C=O) groups is 2. The van der Waals surface area contributed by atoms with Gasteiger partial charge in [0.25, 0.3) is 11.8 Å². The molecule has 2 amide bonds. The smallest absolute Gasteiger partial charge is 0.258 e. The summed E-state index contributed by atoms with van der Waals surface area (Å²) in [4.78, 5) is 27.8. The summed E-state index contributed by atoms with van der Waals surface area (Å²) in [5, 5.41) is 3.08. The van der Waals surface area contributed by atoms with E-state index in [0.29, 0.717) is 34.3 Å². The standard InChI is InChI=1S/C24H22ClN3O3/c1-31-17-9-11-20(26)18(14-17)23(29)27-21-13-16(8-10-19(21)25)24(30)28-12-4-6-15-5-2-3-7-22(15)28/h2-3,5,7-11,13-14H,4,6,12,26H2,1H3,(H,27,29). The maximum absolute atomic E-state index is 13.3. The number of hydrogen-bond acceptors (Lipinski definition) is 4. The fraction of sp³-hybridized carbons (Fsp3) is 0.167. The van der Waals surface area contributed by atoms with Gasteiger partial charge in [0.1, 0.15) is 5.75 Å². The molecule has 0 saturated carbocycles. The van der Waals surface area contributed by atoms with Gasteiger partial charge < -0.3 is 20.7 Å². The number of fused-ring (bicyclic) bond motifs is 1. The van der Waals surface area contributed by atoms with Crippen LogP contribution in [0.4, 0.5) is 17.1 Å². The van der Waals surface area contributed by atoms with E-state index in [1.807, 2.05) is 24.3 Å². The van der Waals surface area contributed by atoms with Crippen molar-refractivity contribution in [3.05, 3.63) is 82.4 Å². The second kappa shape index (κ2) is 8.70. The number of hydrogen-bond donors (Lipinski definition) is 2. The number of methoxy groups -OCH3 is 1. The summed E-state index contributed by atoms with van der Waals surface area (Å²) in [6.45, 7) is 0.639. The molecule has 0 unspecified atom stereocenters. The molecule has 0 atom stereocenters. The van der Waals surface area contributed by atoms with Crippen molar-refractivity contribution >= 4 is 40.5 Å². The molecule has 7 heteroatoms. The number of rotatable bonds is 4. The molecule has 0 aliphatic carbocycles. The molecular weight excluding hydrogens is 414 g/mol. The lowest BCUT2D eigenvalue weighted by Gasteiger charge is -2.29. The highest BCUT2D eigenvalue weighted by molar-refractivity contribution is 6.34. The highest BCUT2D eigenvalue weighted by Gasteiger charge is 2.24. The number of aryl methyl sites for hydroxylation is 1. The van der Waals surface area contributed by atoms with Crippen LogP contribution in [0.25, 0.3) is 0 Å². The van der Waals surface area contributed by atoms with Gasteiger partial charge in [0.15, 0.2) is 0 Å². The minimum Gasteiger partial charge on any atom is -0.497 e. The maximum Gasteiger partial charge on any atom is 0.258 e. The average molecular weight is 436 g/mol. The monoisotopic (exact) mass is 435 g/mol. The number of nitrogens with zero attached hydrogens (tertiary/aromatic N) is 1. The predicted molar refractivity (Wildman–Crippen MR) is 123 cm³/mol. The zero-order chi connectivity index (χ0) is 22.0. The Balaban J connectivity index is 1.61. The third-order valence-electron chi connectivity index (χ3n) is 5.32. The number of ether oxygens (including phenoxy) is 1. The molecule has 0 bridgehead atoms. The number of nitrogen functional groups attached to an aromatic ring is 1. The number of nitrogens with two attached hydrogens (primary N) is 1. The Hall–Kier alpha value is -3.51. The Morgan fingerprint density at radius 1 is 1.10 bits per heavy atom. The van der Waals surface area contributed by atoms with Crippen molar-refractivity contribution in [1.82, 2.24) is 0 Å². The first-order valence-corrected chi connectivity index (χ1v) is 10.3. The molecule has 1 aliphatic heterocycles. The fourth-order valence-electron chi connectivity index (χ4n) is 3.70. The van der Waals surface area contributed by atoms with Crippen LogP contribution in [0.3, 0.4) is 0 Å². The van der Waals surface area contributed by atoms with Crippen molar-refractivity contribution < 1.29 is 14.3 Å². The van der Waals surface area contributed by atoms with Crippen LogP contribution in [0.15, 0.2) is 60.7 Å². The second-order valence-corrected chi connectivity index (χ2v) is 7.70. The van der Waals surface area contributed by atoms with E-state index in [2.05, 4.69) is 5.32 Å². The van der Waals surface area contributed by atoms with Gasteiger partial charge in [0, 0.05) is 23.5 Å². The van der Waals surface area contributed by atoms with Crippen molar-refractivity contribution in [1.29, 1.82) is 0 Å². The normalized spacial score (nSPS) is 12.8. The van der Waals surface area contributed by atoms with Gasteiger partial charge in [-0.05, 0) is 60.9 Å². The number of nitrogens with one attached hydrogen (secondary N) is 1. The molecule has 31 heavy (non-hydrogen) atoms. The molecule has 0 fully saturated rings. The van der Waals surface area contributed by atoms with Crippen LogP contribution < -0.4 is 20.7 Å². The SMILES string of the molecule is COc1ccc(N)c(C(=O)Nc2cc(C(=O)N3CCCc4ccccc43)ccc2Cl)c1.